The van der Waals surface area contributed by atoms with Crippen molar-refractivity contribution >= 4 is 22.3 Å². The standard InChI is InChI=1S/C20H24N2O2/c21-11-1-3-18(23)14-7-5-13-6-8-16-15(19(24)4-2-12-22)9-10-17(14)20(13)16/h5,7,9-10H,1-4,6,8,11-12,21-22H2. The predicted octanol–water partition coefficient (Wildman–Crippen LogP) is 2.78. The van der Waals surface area contributed by atoms with Crippen molar-refractivity contribution in [2.75, 3.05) is 13.1 Å². The molecule has 24 heavy (non-hydrogen) atoms. The van der Waals surface area contributed by atoms with Crippen molar-refractivity contribution in [3.8, 4) is 0 Å². The summed E-state index contributed by atoms with van der Waals surface area (Å²) in [6.07, 6.45) is 4.17. The van der Waals surface area contributed by atoms with Gasteiger partial charge in [0.15, 0.2) is 11.6 Å². The molecule has 0 bridgehead atoms. The van der Waals surface area contributed by atoms with Crippen molar-refractivity contribution in [3.05, 3.63) is 46.5 Å². The summed E-state index contributed by atoms with van der Waals surface area (Å²) in [5.74, 6) is 0.289. The highest BCUT2D eigenvalue weighted by atomic mass is 16.1. The maximum atomic E-state index is 12.5. The normalized spacial score (nSPS) is 12.8. The van der Waals surface area contributed by atoms with Crippen molar-refractivity contribution < 1.29 is 9.59 Å². The minimum absolute atomic E-state index is 0.132. The molecule has 0 amide bonds. The first kappa shape index (κ1) is 16.8. The van der Waals surface area contributed by atoms with Crippen LogP contribution in [0.15, 0.2) is 24.3 Å². The van der Waals surface area contributed by atoms with Crippen molar-refractivity contribution in [3.63, 3.8) is 0 Å². The molecule has 0 aromatic heterocycles. The molecule has 0 fully saturated rings. The average Bonchev–Trinajstić information content (AvgIpc) is 3.03. The van der Waals surface area contributed by atoms with Gasteiger partial charge in [0.05, 0.1) is 0 Å². The van der Waals surface area contributed by atoms with E-state index in [1.54, 1.807) is 0 Å². The molecule has 4 N–H and O–H groups in total. The molecule has 0 unspecified atom stereocenters. The molecule has 0 aliphatic heterocycles. The van der Waals surface area contributed by atoms with Crippen molar-refractivity contribution in [1.82, 2.24) is 0 Å². The highest BCUT2D eigenvalue weighted by Gasteiger charge is 2.23. The summed E-state index contributed by atoms with van der Waals surface area (Å²) < 4.78 is 0. The minimum Gasteiger partial charge on any atom is -0.330 e. The number of hydrogen-bond acceptors (Lipinski definition) is 4. The van der Waals surface area contributed by atoms with Crippen LogP contribution in [0.25, 0.3) is 10.8 Å². The van der Waals surface area contributed by atoms with Gasteiger partial charge < -0.3 is 11.5 Å². The Balaban J connectivity index is 2.05. The van der Waals surface area contributed by atoms with Gasteiger partial charge in [0.2, 0.25) is 0 Å². The molecule has 0 radical (unpaired) electrons. The van der Waals surface area contributed by atoms with Crippen molar-refractivity contribution in [1.29, 1.82) is 0 Å². The summed E-state index contributed by atoms with van der Waals surface area (Å²) in [5.41, 5.74) is 15.0. The van der Waals surface area contributed by atoms with E-state index in [4.69, 9.17) is 11.5 Å². The second kappa shape index (κ2) is 7.24. The number of carbonyl (C=O) groups is 2. The van der Waals surface area contributed by atoms with E-state index in [1.807, 2.05) is 24.3 Å². The van der Waals surface area contributed by atoms with E-state index < -0.39 is 0 Å². The number of rotatable bonds is 8. The topological polar surface area (TPSA) is 86.2 Å². The van der Waals surface area contributed by atoms with Crippen LogP contribution in [0, 0.1) is 0 Å². The Morgan fingerprint density at radius 1 is 0.833 bits per heavy atom. The fourth-order valence-electron chi connectivity index (χ4n) is 3.62. The van der Waals surface area contributed by atoms with Crippen LogP contribution in [0.3, 0.4) is 0 Å². The van der Waals surface area contributed by atoms with Crippen molar-refractivity contribution in [2.24, 2.45) is 11.5 Å². The third kappa shape index (κ3) is 2.99. The molecule has 0 spiro atoms. The van der Waals surface area contributed by atoms with Crippen LogP contribution in [0.4, 0.5) is 0 Å². The molecule has 0 atom stereocenters. The van der Waals surface area contributed by atoms with Gasteiger partial charge in [0.25, 0.3) is 0 Å². The molecule has 1 aliphatic rings. The number of hydrogen-bond donors (Lipinski definition) is 2. The number of carbonyl (C=O) groups excluding carboxylic acids is 2. The van der Waals surface area contributed by atoms with Gasteiger partial charge in [-0.2, -0.15) is 0 Å². The van der Waals surface area contributed by atoms with E-state index in [-0.39, 0.29) is 11.6 Å². The lowest BCUT2D eigenvalue weighted by molar-refractivity contribution is 0.0974. The van der Waals surface area contributed by atoms with E-state index in [2.05, 4.69) is 0 Å². The Bertz CT molecular complexity index is 796. The smallest absolute Gasteiger partial charge is 0.163 e. The van der Waals surface area contributed by atoms with Crippen LogP contribution in [0.2, 0.25) is 0 Å². The second-order valence-corrected chi connectivity index (χ2v) is 6.42. The maximum absolute atomic E-state index is 12.5. The number of nitrogens with two attached hydrogens (primary N) is 2. The molecule has 1 aliphatic carbocycles. The molecule has 0 saturated carbocycles. The lowest BCUT2D eigenvalue weighted by Gasteiger charge is -2.11. The molecular formula is C20H24N2O2. The zero-order chi connectivity index (χ0) is 17.1. The zero-order valence-electron chi connectivity index (χ0n) is 13.9. The first-order valence-corrected chi connectivity index (χ1v) is 8.71. The third-order valence-corrected chi connectivity index (χ3v) is 4.84. The summed E-state index contributed by atoms with van der Waals surface area (Å²) in [6.45, 7) is 1.05. The highest BCUT2D eigenvalue weighted by Crippen LogP contribution is 2.36. The molecule has 0 saturated heterocycles. The largest absolute Gasteiger partial charge is 0.330 e. The van der Waals surface area contributed by atoms with Crippen LogP contribution in [-0.4, -0.2) is 24.7 Å². The van der Waals surface area contributed by atoms with Gasteiger partial charge in [-0.3, -0.25) is 9.59 Å². The Labute approximate surface area is 142 Å². The molecular weight excluding hydrogens is 300 g/mol. The predicted molar refractivity (Wildman–Crippen MR) is 96.6 cm³/mol. The second-order valence-electron chi connectivity index (χ2n) is 6.42. The van der Waals surface area contributed by atoms with E-state index in [1.165, 1.54) is 5.56 Å². The molecule has 3 rings (SSSR count). The number of Topliss-reactive ketones (excluding diaryl/α,β-unsaturated/α-hetero) is 2. The zero-order valence-corrected chi connectivity index (χ0v) is 13.9. The molecule has 4 heteroatoms. The van der Waals surface area contributed by atoms with Gasteiger partial charge >= 0.3 is 0 Å². The third-order valence-electron chi connectivity index (χ3n) is 4.84. The molecule has 4 nitrogen and oxygen atoms in total. The van der Waals surface area contributed by atoms with Gasteiger partial charge in [-0.1, -0.05) is 24.3 Å². The Hall–Kier alpha value is -2.04. The summed E-state index contributed by atoms with van der Waals surface area (Å²) in [5, 5.41) is 2.10. The van der Waals surface area contributed by atoms with Crippen LogP contribution < -0.4 is 11.5 Å². The van der Waals surface area contributed by atoms with Gasteiger partial charge in [0, 0.05) is 24.0 Å². The number of aryl methyl sites for hydroxylation is 2. The molecule has 0 heterocycles. The first-order chi connectivity index (χ1) is 11.7. The van der Waals surface area contributed by atoms with E-state index >= 15 is 0 Å². The number of benzene rings is 2. The maximum Gasteiger partial charge on any atom is 0.163 e. The van der Waals surface area contributed by atoms with Crippen LogP contribution in [0.5, 0.6) is 0 Å². The van der Waals surface area contributed by atoms with Gasteiger partial charge in [-0.25, -0.2) is 0 Å². The minimum atomic E-state index is 0.132. The Kier molecular flexibility index (Phi) is 5.07. The van der Waals surface area contributed by atoms with Crippen LogP contribution >= 0.6 is 0 Å². The Morgan fingerprint density at radius 3 is 2.12 bits per heavy atom. The van der Waals surface area contributed by atoms with Gasteiger partial charge in [0.1, 0.15) is 0 Å². The van der Waals surface area contributed by atoms with E-state index in [9.17, 15) is 9.59 Å². The van der Waals surface area contributed by atoms with Gasteiger partial charge in [-0.15, -0.1) is 0 Å². The monoisotopic (exact) mass is 324 g/mol. The van der Waals surface area contributed by atoms with Gasteiger partial charge in [-0.05, 0) is 60.7 Å². The summed E-state index contributed by atoms with van der Waals surface area (Å²) in [7, 11) is 0. The SMILES string of the molecule is NCCCC(=O)c1ccc2c(C(=O)CCCN)ccc3c2c1CC3. The van der Waals surface area contributed by atoms with E-state index in [0.29, 0.717) is 38.8 Å². The summed E-state index contributed by atoms with van der Waals surface area (Å²) >= 11 is 0. The average molecular weight is 324 g/mol. The molecule has 126 valence electrons. The van der Waals surface area contributed by atoms with Crippen LogP contribution in [0.1, 0.15) is 57.5 Å². The molecule has 2 aromatic carbocycles. The lowest BCUT2D eigenvalue weighted by Crippen LogP contribution is -2.08. The summed E-state index contributed by atoms with van der Waals surface area (Å²) in [6, 6.07) is 7.81. The van der Waals surface area contributed by atoms with E-state index in [0.717, 1.165) is 40.3 Å². The fraction of sp³-hybridized carbons (Fsp3) is 0.400. The summed E-state index contributed by atoms with van der Waals surface area (Å²) in [4.78, 5) is 25.0. The Morgan fingerprint density at radius 2 is 1.46 bits per heavy atom. The lowest BCUT2D eigenvalue weighted by atomic mass is 9.92. The quantitative estimate of drug-likeness (QED) is 0.731. The van der Waals surface area contributed by atoms with Crippen molar-refractivity contribution in [2.45, 2.75) is 38.5 Å². The number of ketones is 2. The first-order valence-electron chi connectivity index (χ1n) is 8.71. The molecule has 2 aromatic rings. The van der Waals surface area contributed by atoms with Crippen LogP contribution in [-0.2, 0) is 12.8 Å². The highest BCUT2D eigenvalue weighted by molar-refractivity contribution is 6.12. The fourth-order valence-corrected chi connectivity index (χ4v) is 3.62.